The second-order valence-corrected chi connectivity index (χ2v) is 4.89. The molecular weight excluding hydrogens is 321 g/mol. The van der Waals surface area contributed by atoms with E-state index in [4.69, 9.17) is 23.1 Å². The maximum absolute atomic E-state index is 13.9. The Morgan fingerprint density at radius 2 is 1.91 bits per heavy atom. The molecule has 1 atom stereocenters. The molecule has 0 aliphatic carbocycles. The van der Waals surface area contributed by atoms with E-state index in [0.717, 1.165) is 12.1 Å². The zero-order chi connectivity index (χ0) is 16.7. The first-order valence-corrected chi connectivity index (χ1v) is 6.99. The summed E-state index contributed by atoms with van der Waals surface area (Å²) < 4.78 is 40.2. The summed E-state index contributed by atoms with van der Waals surface area (Å²) in [6.07, 6.45) is 1.25. The molecule has 1 aromatic rings. The van der Waals surface area contributed by atoms with Crippen LogP contribution in [-0.2, 0) is 4.79 Å². The molecule has 122 valence electrons. The smallest absolute Gasteiger partial charge is 0.247 e. The molecule has 0 saturated heterocycles. The zero-order valence-corrected chi connectivity index (χ0v) is 12.3. The Labute approximate surface area is 130 Å². The topological polar surface area (TPSA) is 93.5 Å². The maximum Gasteiger partial charge on any atom is 0.247 e. The van der Waals surface area contributed by atoms with Gasteiger partial charge >= 0.3 is 0 Å². The van der Waals surface area contributed by atoms with E-state index < -0.39 is 35.2 Å². The number of guanidine groups is 1. The van der Waals surface area contributed by atoms with Crippen molar-refractivity contribution in [2.24, 2.45) is 16.6 Å². The number of nitrogens with one attached hydrogen (secondary N) is 1. The maximum atomic E-state index is 13.9. The summed E-state index contributed by atoms with van der Waals surface area (Å²) in [6.45, 7) is 0. The number of nitrogens with zero attached hydrogens (tertiary/aromatic N) is 1. The monoisotopic (exact) mass is 336 g/mol. The molecule has 22 heavy (non-hydrogen) atoms. The molecule has 0 fully saturated rings. The second kappa shape index (κ2) is 8.47. The normalized spacial score (nSPS) is 11.8. The number of hydrazone groups is 1. The van der Waals surface area contributed by atoms with Gasteiger partial charge in [-0.1, -0.05) is 12.5 Å². The lowest BCUT2D eigenvalue weighted by Crippen LogP contribution is -2.32. The molecule has 0 heterocycles. The lowest BCUT2D eigenvalue weighted by molar-refractivity contribution is -0.122. The van der Waals surface area contributed by atoms with Gasteiger partial charge in [-0.25, -0.2) is 18.6 Å². The predicted octanol–water partition coefficient (Wildman–Crippen LogP) is 1.90. The van der Waals surface area contributed by atoms with Crippen molar-refractivity contribution in [2.75, 3.05) is 5.88 Å². The Kier molecular flexibility index (Phi) is 6.97. The van der Waals surface area contributed by atoms with Gasteiger partial charge in [0.2, 0.25) is 11.9 Å². The van der Waals surface area contributed by atoms with E-state index in [0.29, 0.717) is 18.7 Å². The van der Waals surface area contributed by atoms with Gasteiger partial charge in [0.25, 0.3) is 0 Å². The van der Waals surface area contributed by atoms with Gasteiger partial charge in [-0.15, -0.1) is 16.7 Å². The van der Waals surface area contributed by atoms with Crippen molar-refractivity contribution in [1.82, 2.24) is 5.43 Å². The van der Waals surface area contributed by atoms with Gasteiger partial charge in [0.05, 0.1) is 5.92 Å². The Balaban J connectivity index is 3.06. The molecule has 1 amide bonds. The average Bonchev–Trinajstić information content (AvgIpc) is 2.48. The Morgan fingerprint density at radius 1 is 1.23 bits per heavy atom. The number of benzene rings is 1. The lowest BCUT2D eigenvalue weighted by Gasteiger charge is -2.16. The van der Waals surface area contributed by atoms with Crippen molar-refractivity contribution in [3.63, 3.8) is 0 Å². The van der Waals surface area contributed by atoms with Crippen molar-refractivity contribution in [3.8, 4) is 0 Å². The highest BCUT2D eigenvalue weighted by molar-refractivity contribution is 6.17. The second-order valence-electron chi connectivity index (χ2n) is 4.51. The SMILES string of the molecule is NC(N)=NNC(=O)[C@@H](CCCCCl)c1ccc(F)c(F)c1F. The fourth-order valence-electron chi connectivity index (χ4n) is 1.88. The van der Waals surface area contributed by atoms with E-state index in [9.17, 15) is 18.0 Å². The number of hydrogen-bond donors (Lipinski definition) is 3. The third-order valence-electron chi connectivity index (χ3n) is 2.93. The largest absolute Gasteiger partial charge is 0.369 e. The van der Waals surface area contributed by atoms with Crippen LogP contribution in [0.4, 0.5) is 13.2 Å². The molecule has 0 radical (unpaired) electrons. The number of alkyl halides is 1. The van der Waals surface area contributed by atoms with Gasteiger partial charge in [-0.2, -0.15) is 0 Å². The first-order chi connectivity index (χ1) is 10.4. The van der Waals surface area contributed by atoms with Gasteiger partial charge < -0.3 is 11.5 Å². The number of unbranched alkanes of at least 4 members (excludes halogenated alkanes) is 1. The summed E-state index contributed by atoms with van der Waals surface area (Å²) in [4.78, 5) is 12.0. The molecule has 1 aromatic carbocycles. The molecule has 0 unspecified atom stereocenters. The van der Waals surface area contributed by atoms with Crippen LogP contribution in [0.5, 0.6) is 0 Å². The number of carbonyl (C=O) groups excluding carboxylic acids is 1. The fourth-order valence-corrected chi connectivity index (χ4v) is 2.07. The van der Waals surface area contributed by atoms with Crippen molar-refractivity contribution in [1.29, 1.82) is 0 Å². The number of carbonyl (C=O) groups is 1. The van der Waals surface area contributed by atoms with E-state index in [1.54, 1.807) is 0 Å². The van der Waals surface area contributed by atoms with E-state index in [2.05, 4.69) is 10.5 Å². The van der Waals surface area contributed by atoms with Crippen molar-refractivity contribution in [2.45, 2.75) is 25.2 Å². The summed E-state index contributed by atoms with van der Waals surface area (Å²) in [5.41, 5.74) is 12.0. The molecule has 5 nitrogen and oxygen atoms in total. The van der Waals surface area contributed by atoms with E-state index in [-0.39, 0.29) is 12.0 Å². The predicted molar refractivity (Wildman–Crippen MR) is 77.6 cm³/mol. The Bertz CT molecular complexity index is 564. The van der Waals surface area contributed by atoms with Crippen LogP contribution < -0.4 is 16.9 Å². The van der Waals surface area contributed by atoms with Gasteiger partial charge in [0.15, 0.2) is 17.5 Å². The average molecular weight is 337 g/mol. The summed E-state index contributed by atoms with van der Waals surface area (Å²) in [5, 5.41) is 3.33. The number of amides is 1. The van der Waals surface area contributed by atoms with Crippen LogP contribution in [0.3, 0.4) is 0 Å². The minimum atomic E-state index is -1.63. The highest BCUT2D eigenvalue weighted by Gasteiger charge is 2.26. The molecule has 0 spiro atoms. The molecular formula is C13H16ClF3N4O. The van der Waals surface area contributed by atoms with E-state index in [1.807, 2.05) is 0 Å². The molecule has 0 saturated carbocycles. The van der Waals surface area contributed by atoms with Crippen LogP contribution in [0.1, 0.15) is 30.7 Å². The number of rotatable bonds is 7. The summed E-state index contributed by atoms with van der Waals surface area (Å²) in [7, 11) is 0. The number of hydrogen-bond acceptors (Lipinski definition) is 2. The minimum absolute atomic E-state index is 0.181. The molecule has 0 aromatic heterocycles. The van der Waals surface area contributed by atoms with Crippen molar-refractivity contribution in [3.05, 3.63) is 35.1 Å². The van der Waals surface area contributed by atoms with E-state index in [1.165, 1.54) is 0 Å². The standard InChI is InChI=1S/C13H16ClF3N4O/c14-6-2-1-3-8(12(22)20-21-13(18)19)7-4-5-9(15)11(17)10(7)16/h4-5,8H,1-3,6H2,(H,20,22)(H4,18,19,21)/t8-/m0/s1. The lowest BCUT2D eigenvalue weighted by atomic mass is 9.92. The van der Waals surface area contributed by atoms with Crippen LogP contribution in [-0.4, -0.2) is 17.7 Å². The van der Waals surface area contributed by atoms with Gasteiger partial charge in [-0.05, 0) is 18.9 Å². The molecule has 0 bridgehead atoms. The van der Waals surface area contributed by atoms with Crippen LogP contribution in [0.25, 0.3) is 0 Å². The van der Waals surface area contributed by atoms with Crippen LogP contribution in [0.15, 0.2) is 17.2 Å². The van der Waals surface area contributed by atoms with Crippen molar-refractivity contribution >= 4 is 23.5 Å². The van der Waals surface area contributed by atoms with Crippen LogP contribution in [0.2, 0.25) is 0 Å². The first kappa shape index (κ1) is 18.1. The molecule has 1 rings (SSSR count). The zero-order valence-electron chi connectivity index (χ0n) is 11.6. The Morgan fingerprint density at radius 3 is 2.50 bits per heavy atom. The fraction of sp³-hybridized carbons (Fsp3) is 0.385. The Hall–Kier alpha value is -1.96. The molecule has 5 N–H and O–H groups in total. The van der Waals surface area contributed by atoms with Gasteiger partial charge in [0, 0.05) is 11.4 Å². The number of nitrogens with two attached hydrogens (primary N) is 2. The third kappa shape index (κ3) is 4.80. The highest BCUT2D eigenvalue weighted by atomic mass is 35.5. The quantitative estimate of drug-likeness (QED) is 0.177. The summed E-state index contributed by atoms with van der Waals surface area (Å²) in [6, 6.07) is 1.78. The summed E-state index contributed by atoms with van der Waals surface area (Å²) in [5.74, 6) is -6.19. The van der Waals surface area contributed by atoms with Gasteiger partial charge in [-0.3, -0.25) is 4.79 Å². The minimum Gasteiger partial charge on any atom is -0.369 e. The van der Waals surface area contributed by atoms with Gasteiger partial charge in [0.1, 0.15) is 0 Å². The van der Waals surface area contributed by atoms with E-state index >= 15 is 0 Å². The highest BCUT2D eigenvalue weighted by Crippen LogP contribution is 2.27. The first-order valence-electron chi connectivity index (χ1n) is 6.46. The summed E-state index contributed by atoms with van der Waals surface area (Å²) >= 11 is 5.55. The molecule has 0 aliphatic heterocycles. The number of halogens is 4. The van der Waals surface area contributed by atoms with Crippen LogP contribution in [0, 0.1) is 17.5 Å². The third-order valence-corrected chi connectivity index (χ3v) is 3.20. The molecule has 0 aliphatic rings. The molecule has 9 heteroatoms. The van der Waals surface area contributed by atoms with Crippen LogP contribution >= 0.6 is 11.6 Å². The van der Waals surface area contributed by atoms with Crippen molar-refractivity contribution < 1.29 is 18.0 Å².